The molecule has 2 fully saturated rings. The molecule has 7 nitrogen and oxygen atoms in total. The van der Waals surface area contributed by atoms with Crippen LogP contribution in [0.5, 0.6) is 5.75 Å². The summed E-state index contributed by atoms with van der Waals surface area (Å²) < 4.78 is 40.6. The molecule has 2 saturated heterocycles. The minimum atomic E-state index is -3.48. The average Bonchev–Trinajstić information content (AvgIpc) is 3.36. The first-order valence-electron chi connectivity index (χ1n) is 9.97. The number of ether oxygens (including phenoxy) is 1. The summed E-state index contributed by atoms with van der Waals surface area (Å²) in [4.78, 5) is 0. The fraction of sp³-hybridized carbons (Fsp3) is 0.550. The molecule has 0 saturated carbocycles. The van der Waals surface area contributed by atoms with Crippen molar-refractivity contribution in [2.24, 2.45) is 0 Å². The fourth-order valence-corrected chi connectivity index (χ4v) is 5.97. The van der Waals surface area contributed by atoms with Gasteiger partial charge in [0.15, 0.2) is 5.76 Å². The van der Waals surface area contributed by atoms with E-state index in [2.05, 4.69) is 5.16 Å². The predicted molar refractivity (Wildman–Crippen MR) is 106 cm³/mol. The van der Waals surface area contributed by atoms with Gasteiger partial charge in [-0.1, -0.05) is 18.0 Å². The molecule has 0 N–H and O–H groups in total. The Labute approximate surface area is 166 Å². The molecule has 0 bridgehead atoms. The smallest absolute Gasteiger partial charge is 0.282 e. The number of methoxy groups -OCH3 is 1. The molecule has 3 heterocycles. The van der Waals surface area contributed by atoms with E-state index in [4.69, 9.17) is 9.26 Å². The Balaban J connectivity index is 1.62. The molecule has 0 unspecified atom stereocenters. The Morgan fingerprint density at radius 3 is 2.46 bits per heavy atom. The molecule has 0 amide bonds. The zero-order valence-corrected chi connectivity index (χ0v) is 17.0. The van der Waals surface area contributed by atoms with Gasteiger partial charge in [-0.15, -0.1) is 0 Å². The van der Waals surface area contributed by atoms with Crippen LogP contribution in [0, 0.1) is 0 Å². The van der Waals surface area contributed by atoms with Gasteiger partial charge in [-0.05, 0) is 49.9 Å². The predicted octanol–water partition coefficient (Wildman–Crippen LogP) is 3.61. The molecule has 28 heavy (non-hydrogen) atoms. The number of hydrogen-bond acceptors (Lipinski definition) is 5. The maximum Gasteiger partial charge on any atom is 0.282 e. The van der Waals surface area contributed by atoms with Gasteiger partial charge in [-0.3, -0.25) is 0 Å². The van der Waals surface area contributed by atoms with Gasteiger partial charge in [0.2, 0.25) is 0 Å². The maximum atomic E-state index is 13.3. The van der Waals surface area contributed by atoms with Crippen molar-refractivity contribution in [1.29, 1.82) is 0 Å². The third-order valence-corrected chi connectivity index (χ3v) is 7.68. The Kier molecular flexibility index (Phi) is 5.70. The highest BCUT2D eigenvalue weighted by Crippen LogP contribution is 2.35. The van der Waals surface area contributed by atoms with Crippen LogP contribution in [-0.4, -0.2) is 48.9 Å². The van der Waals surface area contributed by atoms with Gasteiger partial charge in [0, 0.05) is 31.3 Å². The molecule has 152 valence electrons. The summed E-state index contributed by atoms with van der Waals surface area (Å²) in [5.41, 5.74) is 1.58. The van der Waals surface area contributed by atoms with Crippen molar-refractivity contribution >= 4 is 10.2 Å². The summed E-state index contributed by atoms with van der Waals surface area (Å²) in [5, 5.41) is 4.26. The average molecular weight is 406 g/mol. The Morgan fingerprint density at radius 2 is 1.75 bits per heavy atom. The number of hydrogen-bond donors (Lipinski definition) is 0. The highest BCUT2D eigenvalue weighted by molar-refractivity contribution is 7.86. The van der Waals surface area contributed by atoms with E-state index in [1.807, 2.05) is 30.3 Å². The Bertz CT molecular complexity index is 888. The van der Waals surface area contributed by atoms with Crippen LogP contribution in [0.3, 0.4) is 0 Å². The van der Waals surface area contributed by atoms with Crippen LogP contribution in [-0.2, 0) is 10.2 Å². The molecule has 1 aromatic heterocycles. The molecular weight excluding hydrogens is 378 g/mol. The quantitative estimate of drug-likeness (QED) is 0.760. The molecule has 1 atom stereocenters. The lowest BCUT2D eigenvalue weighted by Crippen LogP contribution is -2.44. The van der Waals surface area contributed by atoms with E-state index in [0.717, 1.165) is 49.8 Å². The van der Waals surface area contributed by atoms with Gasteiger partial charge in [0.1, 0.15) is 11.4 Å². The molecule has 8 heteroatoms. The lowest BCUT2D eigenvalue weighted by Gasteiger charge is -2.31. The number of benzene rings is 1. The van der Waals surface area contributed by atoms with E-state index in [0.29, 0.717) is 31.1 Å². The first-order valence-corrected chi connectivity index (χ1v) is 11.4. The summed E-state index contributed by atoms with van der Waals surface area (Å²) in [6, 6.07) is 9.17. The van der Waals surface area contributed by atoms with Crippen molar-refractivity contribution in [3.8, 4) is 17.1 Å². The lowest BCUT2D eigenvalue weighted by atomic mass is 10.1. The van der Waals surface area contributed by atoms with Gasteiger partial charge < -0.3 is 9.26 Å². The van der Waals surface area contributed by atoms with Crippen LogP contribution in [0.1, 0.15) is 50.3 Å². The van der Waals surface area contributed by atoms with Crippen LogP contribution in [0.25, 0.3) is 11.3 Å². The van der Waals surface area contributed by atoms with E-state index in [1.165, 1.54) is 0 Å². The van der Waals surface area contributed by atoms with E-state index in [9.17, 15) is 8.42 Å². The van der Waals surface area contributed by atoms with Crippen LogP contribution in [0.2, 0.25) is 0 Å². The zero-order chi connectivity index (χ0) is 19.6. The highest BCUT2D eigenvalue weighted by Gasteiger charge is 2.38. The monoisotopic (exact) mass is 405 g/mol. The maximum absolute atomic E-state index is 13.3. The van der Waals surface area contributed by atoms with Gasteiger partial charge in [0.05, 0.1) is 13.2 Å². The molecule has 1 aromatic carbocycles. The summed E-state index contributed by atoms with van der Waals surface area (Å²) in [6.07, 6.45) is 5.54. The van der Waals surface area contributed by atoms with E-state index in [1.54, 1.807) is 15.7 Å². The molecule has 0 spiro atoms. The van der Waals surface area contributed by atoms with Crippen molar-refractivity contribution in [3.63, 3.8) is 0 Å². The summed E-state index contributed by atoms with van der Waals surface area (Å²) in [7, 11) is -1.85. The molecule has 2 aliphatic heterocycles. The molecule has 0 radical (unpaired) electrons. The topological polar surface area (TPSA) is 75.9 Å². The van der Waals surface area contributed by atoms with Crippen LogP contribution >= 0.6 is 0 Å². The minimum Gasteiger partial charge on any atom is -0.497 e. The third kappa shape index (κ3) is 3.81. The lowest BCUT2D eigenvalue weighted by molar-refractivity contribution is 0.285. The number of nitrogens with zero attached hydrogens (tertiary/aromatic N) is 3. The molecule has 2 aromatic rings. The van der Waals surface area contributed by atoms with E-state index in [-0.39, 0.29) is 6.04 Å². The zero-order valence-electron chi connectivity index (χ0n) is 16.2. The van der Waals surface area contributed by atoms with Crippen molar-refractivity contribution in [3.05, 3.63) is 36.0 Å². The van der Waals surface area contributed by atoms with Crippen LogP contribution < -0.4 is 4.74 Å². The first kappa shape index (κ1) is 19.4. The van der Waals surface area contributed by atoms with Crippen molar-refractivity contribution in [1.82, 2.24) is 13.8 Å². The van der Waals surface area contributed by atoms with Gasteiger partial charge in [0.25, 0.3) is 10.2 Å². The highest BCUT2D eigenvalue weighted by atomic mass is 32.2. The van der Waals surface area contributed by atoms with Gasteiger partial charge in [-0.25, -0.2) is 0 Å². The summed E-state index contributed by atoms with van der Waals surface area (Å²) in [6.45, 7) is 1.76. The van der Waals surface area contributed by atoms with E-state index < -0.39 is 10.2 Å². The Morgan fingerprint density at radius 1 is 1.04 bits per heavy atom. The minimum absolute atomic E-state index is 0.274. The summed E-state index contributed by atoms with van der Waals surface area (Å²) in [5.74, 6) is 1.41. The molecular formula is C20H27N3O4S. The second-order valence-corrected chi connectivity index (χ2v) is 9.32. The first-order chi connectivity index (χ1) is 13.6. The van der Waals surface area contributed by atoms with E-state index >= 15 is 0 Å². The van der Waals surface area contributed by atoms with Crippen LogP contribution in [0.4, 0.5) is 0 Å². The van der Waals surface area contributed by atoms with Crippen molar-refractivity contribution in [2.75, 3.05) is 26.7 Å². The number of aromatic nitrogens is 1. The number of rotatable bonds is 5. The van der Waals surface area contributed by atoms with Crippen LogP contribution in [0.15, 0.2) is 34.9 Å². The van der Waals surface area contributed by atoms with Gasteiger partial charge in [-0.2, -0.15) is 17.0 Å². The SMILES string of the molecule is COc1ccc(-c2cc([C@@H]3CCCCCN3S(=O)(=O)N3CCCC3)no2)cc1. The van der Waals surface area contributed by atoms with Gasteiger partial charge >= 0.3 is 0 Å². The third-order valence-electron chi connectivity index (χ3n) is 5.64. The standard InChI is InChI=1S/C20H27N3O4S/c1-26-17-10-8-16(9-11-17)20-15-18(21-27-20)19-7-3-2-4-14-23(19)28(24,25)22-12-5-6-13-22/h8-11,15,19H,2-7,12-14H2,1H3/t19-/m0/s1. The second-order valence-electron chi connectivity index (χ2n) is 7.43. The summed E-state index contributed by atoms with van der Waals surface area (Å²) >= 11 is 0. The fourth-order valence-electron chi connectivity index (χ4n) is 4.06. The Hall–Kier alpha value is -1.90. The molecule has 0 aliphatic carbocycles. The molecule has 2 aliphatic rings. The van der Waals surface area contributed by atoms with Crippen molar-refractivity contribution in [2.45, 2.75) is 44.6 Å². The normalized spacial score (nSPS) is 22.2. The molecule has 4 rings (SSSR count). The largest absolute Gasteiger partial charge is 0.497 e. The second kappa shape index (κ2) is 8.23. The van der Waals surface area contributed by atoms with Crippen molar-refractivity contribution < 1.29 is 17.7 Å².